The Balaban J connectivity index is 2.45. The molecule has 0 fully saturated rings. The fourth-order valence-electron chi connectivity index (χ4n) is 1.54. The number of aromatic nitrogens is 1. The van der Waals surface area contributed by atoms with Gasteiger partial charge in [-0.2, -0.15) is 0 Å². The minimum Gasteiger partial charge on any atom is -0.462 e. The Morgan fingerprint density at radius 2 is 2.29 bits per heavy atom. The summed E-state index contributed by atoms with van der Waals surface area (Å²) in [7, 11) is 0. The van der Waals surface area contributed by atoms with E-state index in [0.717, 1.165) is 10.4 Å². The van der Waals surface area contributed by atoms with Crippen LogP contribution in [0.4, 0.5) is 0 Å². The molecule has 0 amide bonds. The largest absolute Gasteiger partial charge is 0.462 e. The number of ether oxygens (including phenoxy) is 1. The highest BCUT2D eigenvalue weighted by Gasteiger charge is 2.23. The molecule has 2 aromatic heterocycles. The van der Waals surface area contributed by atoms with E-state index in [9.17, 15) is 4.79 Å². The first kappa shape index (κ1) is 11.9. The van der Waals surface area contributed by atoms with Crippen LogP contribution in [0.3, 0.4) is 0 Å². The van der Waals surface area contributed by atoms with Crippen molar-refractivity contribution in [2.45, 2.75) is 20.8 Å². The Hall–Kier alpha value is -1.62. The third kappa shape index (κ3) is 2.24. The van der Waals surface area contributed by atoms with Crippen molar-refractivity contribution in [2.24, 2.45) is 0 Å². The van der Waals surface area contributed by atoms with Crippen LogP contribution >= 0.6 is 11.3 Å². The van der Waals surface area contributed by atoms with Gasteiger partial charge in [0.1, 0.15) is 17.0 Å². The van der Waals surface area contributed by atoms with Crippen LogP contribution < -0.4 is 0 Å². The van der Waals surface area contributed by atoms with Gasteiger partial charge in [-0.25, -0.2) is 4.79 Å². The minimum absolute atomic E-state index is 0.340. The molecule has 2 rings (SSSR count). The number of nitrogens with zero attached hydrogens (tertiary/aromatic N) is 1. The molecule has 90 valence electrons. The molecule has 2 heterocycles. The maximum absolute atomic E-state index is 11.8. The summed E-state index contributed by atoms with van der Waals surface area (Å²) < 4.78 is 10.1. The fraction of sp³-hybridized carbons (Fsp3) is 0.333. The first-order chi connectivity index (χ1) is 8.13. The lowest BCUT2D eigenvalue weighted by molar-refractivity contribution is 0.0525. The second kappa shape index (κ2) is 4.71. The lowest BCUT2D eigenvalue weighted by atomic mass is 10.1. The number of esters is 1. The number of carbonyl (C=O) groups excluding carboxylic acids is 1. The highest BCUT2D eigenvalue weighted by atomic mass is 32.1. The van der Waals surface area contributed by atoms with Crippen molar-refractivity contribution in [3.05, 3.63) is 28.3 Å². The molecule has 17 heavy (non-hydrogen) atoms. The van der Waals surface area contributed by atoms with E-state index in [1.807, 2.05) is 18.4 Å². The number of hydrogen-bond donors (Lipinski definition) is 0. The third-order valence-electron chi connectivity index (χ3n) is 2.31. The molecule has 0 atom stereocenters. The van der Waals surface area contributed by atoms with Gasteiger partial charge in [-0.05, 0) is 37.8 Å². The van der Waals surface area contributed by atoms with E-state index >= 15 is 0 Å². The molecule has 0 N–H and O–H groups in total. The van der Waals surface area contributed by atoms with Gasteiger partial charge >= 0.3 is 5.97 Å². The molecule has 0 saturated heterocycles. The molecule has 0 aliphatic heterocycles. The maximum Gasteiger partial charge on any atom is 0.344 e. The van der Waals surface area contributed by atoms with Crippen LogP contribution in [0, 0.1) is 13.8 Å². The molecule has 0 bridgehead atoms. The summed E-state index contributed by atoms with van der Waals surface area (Å²) in [5.74, 6) is 0.108. The van der Waals surface area contributed by atoms with E-state index in [4.69, 9.17) is 9.26 Å². The summed E-state index contributed by atoms with van der Waals surface area (Å²) in [6, 6.07) is 1.98. The molecule has 0 aromatic carbocycles. The molecule has 0 aliphatic rings. The van der Waals surface area contributed by atoms with Crippen LogP contribution in [0.2, 0.25) is 0 Å². The molecular formula is C12H13NO3S. The SMILES string of the molecule is CCOC(=O)c1c(-c2cc(C)cs2)noc1C. The molecule has 0 unspecified atom stereocenters. The smallest absolute Gasteiger partial charge is 0.344 e. The quantitative estimate of drug-likeness (QED) is 0.786. The summed E-state index contributed by atoms with van der Waals surface area (Å²) in [6.07, 6.45) is 0. The highest BCUT2D eigenvalue weighted by Crippen LogP contribution is 2.30. The van der Waals surface area contributed by atoms with E-state index in [2.05, 4.69) is 5.16 Å². The summed E-state index contributed by atoms with van der Waals surface area (Å²) in [5.41, 5.74) is 2.13. The average Bonchev–Trinajstić information content (AvgIpc) is 2.85. The van der Waals surface area contributed by atoms with Crippen LogP contribution in [0.1, 0.15) is 28.6 Å². The van der Waals surface area contributed by atoms with Gasteiger partial charge in [0.2, 0.25) is 0 Å². The summed E-state index contributed by atoms with van der Waals surface area (Å²) in [4.78, 5) is 12.7. The summed E-state index contributed by atoms with van der Waals surface area (Å²) in [5, 5.41) is 5.95. The summed E-state index contributed by atoms with van der Waals surface area (Å²) >= 11 is 1.54. The molecule has 2 aromatic rings. The second-order valence-electron chi connectivity index (χ2n) is 3.67. The van der Waals surface area contributed by atoms with Crippen molar-refractivity contribution in [1.29, 1.82) is 0 Å². The fourth-order valence-corrected chi connectivity index (χ4v) is 2.43. The number of aryl methyl sites for hydroxylation is 2. The van der Waals surface area contributed by atoms with Crippen molar-refractivity contribution < 1.29 is 14.1 Å². The normalized spacial score (nSPS) is 10.5. The van der Waals surface area contributed by atoms with Crippen molar-refractivity contribution >= 4 is 17.3 Å². The molecule has 5 heteroatoms. The van der Waals surface area contributed by atoms with Crippen LogP contribution in [0.25, 0.3) is 10.6 Å². The first-order valence-corrected chi connectivity index (χ1v) is 6.20. The molecule has 0 spiro atoms. The number of carbonyl (C=O) groups is 1. The summed E-state index contributed by atoms with van der Waals surface area (Å²) in [6.45, 7) is 5.82. The standard InChI is InChI=1S/C12H13NO3S/c1-4-15-12(14)10-8(3)16-13-11(10)9-5-7(2)6-17-9/h5-6H,4H2,1-3H3. The average molecular weight is 251 g/mol. The Morgan fingerprint density at radius 1 is 1.53 bits per heavy atom. The third-order valence-corrected chi connectivity index (χ3v) is 3.36. The van der Waals surface area contributed by atoms with E-state index in [1.165, 1.54) is 11.3 Å². The molecule has 4 nitrogen and oxygen atoms in total. The molecule has 0 aliphatic carbocycles. The lowest BCUT2D eigenvalue weighted by Gasteiger charge is -2.00. The van der Waals surface area contributed by atoms with Crippen molar-refractivity contribution in [1.82, 2.24) is 5.16 Å². The van der Waals surface area contributed by atoms with E-state index in [0.29, 0.717) is 23.6 Å². The zero-order valence-corrected chi connectivity index (χ0v) is 10.8. The van der Waals surface area contributed by atoms with Gasteiger partial charge in [0.15, 0.2) is 0 Å². The minimum atomic E-state index is -0.382. The van der Waals surface area contributed by atoms with Crippen molar-refractivity contribution in [3.63, 3.8) is 0 Å². The number of rotatable bonds is 3. The van der Waals surface area contributed by atoms with E-state index in [1.54, 1.807) is 13.8 Å². The van der Waals surface area contributed by atoms with Gasteiger partial charge in [0.05, 0.1) is 11.5 Å². The molecule has 0 radical (unpaired) electrons. The predicted octanol–water partition coefficient (Wildman–Crippen LogP) is 3.20. The lowest BCUT2D eigenvalue weighted by Crippen LogP contribution is -2.06. The van der Waals surface area contributed by atoms with Crippen molar-refractivity contribution in [3.8, 4) is 10.6 Å². The molecule has 0 saturated carbocycles. The van der Waals surface area contributed by atoms with Gasteiger partial charge in [-0.1, -0.05) is 5.16 Å². The van der Waals surface area contributed by atoms with Crippen LogP contribution in [-0.4, -0.2) is 17.7 Å². The Labute approximate surface area is 103 Å². The zero-order chi connectivity index (χ0) is 12.4. The van der Waals surface area contributed by atoms with Crippen LogP contribution in [0.15, 0.2) is 16.0 Å². The van der Waals surface area contributed by atoms with E-state index in [-0.39, 0.29) is 5.97 Å². The molecular weight excluding hydrogens is 238 g/mol. The van der Waals surface area contributed by atoms with E-state index < -0.39 is 0 Å². The zero-order valence-electron chi connectivity index (χ0n) is 9.94. The Kier molecular flexibility index (Phi) is 3.28. The number of hydrogen-bond acceptors (Lipinski definition) is 5. The van der Waals surface area contributed by atoms with Crippen LogP contribution in [-0.2, 0) is 4.74 Å². The second-order valence-corrected chi connectivity index (χ2v) is 4.58. The first-order valence-electron chi connectivity index (χ1n) is 5.32. The topological polar surface area (TPSA) is 52.3 Å². The van der Waals surface area contributed by atoms with Crippen LogP contribution in [0.5, 0.6) is 0 Å². The predicted molar refractivity (Wildman–Crippen MR) is 65.2 cm³/mol. The van der Waals surface area contributed by atoms with Gasteiger partial charge in [0, 0.05) is 0 Å². The monoisotopic (exact) mass is 251 g/mol. The maximum atomic E-state index is 11.8. The highest BCUT2D eigenvalue weighted by molar-refractivity contribution is 7.13. The van der Waals surface area contributed by atoms with Gasteiger partial charge in [0.25, 0.3) is 0 Å². The van der Waals surface area contributed by atoms with Gasteiger partial charge in [-0.15, -0.1) is 11.3 Å². The van der Waals surface area contributed by atoms with Crippen molar-refractivity contribution in [2.75, 3.05) is 6.61 Å². The Morgan fingerprint density at radius 3 is 2.88 bits per heavy atom. The van der Waals surface area contributed by atoms with Gasteiger partial charge < -0.3 is 9.26 Å². The van der Waals surface area contributed by atoms with Gasteiger partial charge in [-0.3, -0.25) is 0 Å². The number of thiophene rings is 1. The Bertz CT molecular complexity index is 542.